The first-order chi connectivity index (χ1) is 8.12. The summed E-state index contributed by atoms with van der Waals surface area (Å²) in [5.74, 6) is 0. The molecule has 8 heteroatoms. The maximum atomic E-state index is 12.2. The highest BCUT2D eigenvalue weighted by atomic mass is 32.2. The summed E-state index contributed by atoms with van der Waals surface area (Å²) in [6.07, 6.45) is 0. The lowest BCUT2D eigenvalue weighted by molar-refractivity contribution is 0.164. The fourth-order valence-electron chi connectivity index (χ4n) is 1.69. The molecule has 102 valence electrons. The Labute approximate surface area is 103 Å². The summed E-state index contributed by atoms with van der Waals surface area (Å²) >= 11 is 0. The van der Waals surface area contributed by atoms with Crippen molar-refractivity contribution in [2.45, 2.75) is 0 Å². The van der Waals surface area contributed by atoms with E-state index in [0.29, 0.717) is 32.8 Å². The van der Waals surface area contributed by atoms with E-state index in [1.165, 1.54) is 15.7 Å². The number of nitrogens with zero attached hydrogens (tertiary/aromatic N) is 2. The summed E-state index contributed by atoms with van der Waals surface area (Å²) < 4.78 is 32.1. The fourth-order valence-corrected chi connectivity index (χ4v) is 3.27. The van der Waals surface area contributed by atoms with Crippen molar-refractivity contribution in [3.8, 4) is 0 Å². The lowest BCUT2D eigenvalue weighted by atomic mass is 10.4. The smallest absolute Gasteiger partial charge is 0.282 e. The molecule has 1 fully saturated rings. The average Bonchev–Trinajstić information content (AvgIpc) is 2.35. The maximum Gasteiger partial charge on any atom is 0.282 e. The molecule has 1 aliphatic heterocycles. The van der Waals surface area contributed by atoms with Gasteiger partial charge in [0.05, 0.1) is 13.2 Å². The Morgan fingerprint density at radius 3 is 2.53 bits per heavy atom. The van der Waals surface area contributed by atoms with Crippen molar-refractivity contribution < 1.29 is 18.3 Å². The minimum atomic E-state index is -3.47. The Bertz CT molecular complexity index is 303. The van der Waals surface area contributed by atoms with E-state index < -0.39 is 10.2 Å². The number of ether oxygens (including phenoxy) is 1. The van der Waals surface area contributed by atoms with Gasteiger partial charge >= 0.3 is 0 Å². The monoisotopic (exact) mass is 267 g/mol. The van der Waals surface area contributed by atoms with Crippen molar-refractivity contribution >= 4 is 10.2 Å². The number of hydrogen-bond acceptors (Lipinski definition) is 5. The normalized spacial score (nSPS) is 18.8. The van der Waals surface area contributed by atoms with Crippen molar-refractivity contribution in [1.29, 1.82) is 0 Å². The van der Waals surface area contributed by atoms with Crippen molar-refractivity contribution in [3.05, 3.63) is 0 Å². The van der Waals surface area contributed by atoms with Crippen LogP contribution in [0.2, 0.25) is 0 Å². The third-order valence-corrected chi connectivity index (χ3v) is 4.66. The summed E-state index contributed by atoms with van der Waals surface area (Å²) in [4.78, 5) is 0. The zero-order chi connectivity index (χ0) is 12.7. The molecule has 1 saturated heterocycles. The molecule has 0 aromatic carbocycles. The van der Waals surface area contributed by atoms with Crippen LogP contribution in [0.1, 0.15) is 0 Å². The second-order valence-electron chi connectivity index (χ2n) is 3.77. The first-order valence-corrected chi connectivity index (χ1v) is 7.08. The van der Waals surface area contributed by atoms with Crippen molar-refractivity contribution in [2.75, 3.05) is 59.6 Å². The number of rotatable bonds is 7. The van der Waals surface area contributed by atoms with Crippen LogP contribution in [0, 0.1) is 0 Å². The second kappa shape index (κ2) is 7.24. The first-order valence-electron chi connectivity index (χ1n) is 5.68. The van der Waals surface area contributed by atoms with Crippen molar-refractivity contribution in [1.82, 2.24) is 13.9 Å². The quantitative estimate of drug-likeness (QED) is 0.562. The van der Waals surface area contributed by atoms with E-state index in [-0.39, 0.29) is 19.7 Å². The Balaban J connectivity index is 2.67. The number of piperazine rings is 1. The van der Waals surface area contributed by atoms with Gasteiger partial charge in [0, 0.05) is 46.4 Å². The molecule has 1 heterocycles. The number of hydrogen-bond donors (Lipinski definition) is 2. The van der Waals surface area contributed by atoms with E-state index in [9.17, 15) is 8.42 Å². The van der Waals surface area contributed by atoms with Crippen LogP contribution in [0.25, 0.3) is 0 Å². The van der Waals surface area contributed by atoms with Crippen molar-refractivity contribution in [2.24, 2.45) is 0 Å². The third kappa shape index (κ3) is 4.16. The van der Waals surface area contributed by atoms with Gasteiger partial charge in [-0.2, -0.15) is 17.0 Å². The lowest BCUT2D eigenvalue weighted by Crippen LogP contribution is -2.52. The molecule has 7 nitrogen and oxygen atoms in total. The summed E-state index contributed by atoms with van der Waals surface area (Å²) in [6, 6.07) is 0. The molecule has 0 atom stereocenters. The van der Waals surface area contributed by atoms with Crippen LogP contribution in [-0.2, 0) is 14.9 Å². The molecule has 0 aromatic rings. The van der Waals surface area contributed by atoms with Crippen LogP contribution in [-0.4, -0.2) is 81.7 Å². The number of aliphatic hydroxyl groups is 1. The summed E-state index contributed by atoms with van der Waals surface area (Å²) in [5, 5.41) is 12.0. The highest BCUT2D eigenvalue weighted by Gasteiger charge is 2.29. The molecular weight excluding hydrogens is 246 g/mol. The Hall–Kier alpha value is -0.250. The van der Waals surface area contributed by atoms with Gasteiger partial charge < -0.3 is 15.2 Å². The fraction of sp³-hybridized carbons (Fsp3) is 1.00. The molecular formula is C9H21N3O4S. The third-order valence-electron chi connectivity index (χ3n) is 2.62. The van der Waals surface area contributed by atoms with Gasteiger partial charge in [0.15, 0.2) is 0 Å². The molecule has 0 unspecified atom stereocenters. The second-order valence-corrected chi connectivity index (χ2v) is 5.70. The largest absolute Gasteiger partial charge is 0.395 e. The summed E-state index contributed by atoms with van der Waals surface area (Å²) in [7, 11) is -1.95. The number of nitrogens with one attached hydrogen (secondary N) is 1. The van der Waals surface area contributed by atoms with E-state index in [1.54, 1.807) is 0 Å². The van der Waals surface area contributed by atoms with Crippen LogP contribution >= 0.6 is 0 Å². The van der Waals surface area contributed by atoms with Gasteiger partial charge in [0.25, 0.3) is 10.2 Å². The number of methoxy groups -OCH3 is 1. The highest BCUT2D eigenvalue weighted by molar-refractivity contribution is 7.86. The van der Waals surface area contributed by atoms with Gasteiger partial charge in [-0.15, -0.1) is 0 Å². The molecule has 0 bridgehead atoms. The van der Waals surface area contributed by atoms with Crippen LogP contribution in [0.5, 0.6) is 0 Å². The van der Waals surface area contributed by atoms with Crippen LogP contribution < -0.4 is 5.32 Å². The van der Waals surface area contributed by atoms with Gasteiger partial charge in [-0.05, 0) is 0 Å². The SMILES string of the molecule is COCCN(CCO)S(=O)(=O)N1CCNCC1. The van der Waals surface area contributed by atoms with Gasteiger partial charge in [0.2, 0.25) is 0 Å². The molecule has 0 saturated carbocycles. The predicted molar refractivity (Wildman–Crippen MR) is 63.9 cm³/mol. The molecule has 17 heavy (non-hydrogen) atoms. The molecule has 1 aliphatic rings. The van der Waals surface area contributed by atoms with E-state index in [4.69, 9.17) is 9.84 Å². The summed E-state index contributed by atoms with van der Waals surface area (Å²) in [6.45, 7) is 2.78. The zero-order valence-electron chi connectivity index (χ0n) is 10.1. The van der Waals surface area contributed by atoms with Gasteiger partial charge in [-0.3, -0.25) is 0 Å². The van der Waals surface area contributed by atoms with Crippen LogP contribution in [0.4, 0.5) is 0 Å². The topological polar surface area (TPSA) is 82.1 Å². The minimum Gasteiger partial charge on any atom is -0.395 e. The Morgan fingerprint density at radius 1 is 1.35 bits per heavy atom. The van der Waals surface area contributed by atoms with Gasteiger partial charge in [0.1, 0.15) is 0 Å². The van der Waals surface area contributed by atoms with Crippen LogP contribution in [0.3, 0.4) is 0 Å². The highest BCUT2D eigenvalue weighted by Crippen LogP contribution is 2.09. The van der Waals surface area contributed by atoms with Crippen molar-refractivity contribution in [3.63, 3.8) is 0 Å². The predicted octanol–water partition coefficient (Wildman–Crippen LogP) is -1.92. The Kier molecular flexibility index (Phi) is 6.31. The minimum absolute atomic E-state index is 0.107. The zero-order valence-corrected chi connectivity index (χ0v) is 10.9. The van der Waals surface area contributed by atoms with E-state index >= 15 is 0 Å². The molecule has 0 radical (unpaired) electrons. The van der Waals surface area contributed by atoms with Gasteiger partial charge in [-0.25, -0.2) is 0 Å². The lowest BCUT2D eigenvalue weighted by Gasteiger charge is -2.32. The van der Waals surface area contributed by atoms with E-state index in [0.717, 1.165) is 0 Å². The average molecular weight is 267 g/mol. The van der Waals surface area contributed by atoms with Crippen LogP contribution in [0.15, 0.2) is 0 Å². The number of aliphatic hydroxyl groups excluding tert-OH is 1. The molecule has 2 N–H and O–H groups in total. The van der Waals surface area contributed by atoms with Gasteiger partial charge in [-0.1, -0.05) is 0 Å². The summed E-state index contributed by atoms with van der Waals surface area (Å²) in [5.41, 5.74) is 0. The maximum absolute atomic E-state index is 12.2. The molecule has 1 rings (SSSR count). The first kappa shape index (κ1) is 14.8. The van der Waals surface area contributed by atoms with E-state index in [1.807, 2.05) is 0 Å². The molecule has 0 amide bonds. The molecule has 0 spiro atoms. The molecule has 0 aromatic heterocycles. The van der Waals surface area contributed by atoms with E-state index in [2.05, 4.69) is 5.32 Å². The molecule has 0 aliphatic carbocycles. The Morgan fingerprint density at radius 2 is 2.00 bits per heavy atom. The standard InChI is InChI=1S/C9H21N3O4S/c1-16-9-7-12(6-8-13)17(14,15)11-4-2-10-3-5-11/h10,13H,2-9H2,1H3.